The van der Waals surface area contributed by atoms with E-state index in [0.717, 1.165) is 16.8 Å². The molecule has 0 radical (unpaired) electrons. The van der Waals surface area contributed by atoms with E-state index >= 15 is 0 Å². The van der Waals surface area contributed by atoms with E-state index in [0.29, 0.717) is 5.82 Å². The fraction of sp³-hybridized carbons (Fsp3) is 0.167. The number of aliphatic hydroxyl groups is 1. The molecule has 0 saturated carbocycles. The van der Waals surface area contributed by atoms with Crippen LogP contribution in [-0.4, -0.2) is 38.9 Å². The minimum atomic E-state index is -0.410. The van der Waals surface area contributed by atoms with E-state index in [1.807, 2.05) is 61.5 Å². The van der Waals surface area contributed by atoms with Crippen molar-refractivity contribution in [1.82, 2.24) is 20.1 Å². The van der Waals surface area contributed by atoms with Crippen molar-refractivity contribution in [2.75, 3.05) is 13.2 Å². The molecule has 122 valence electrons. The molecule has 2 aromatic carbocycles. The van der Waals surface area contributed by atoms with Gasteiger partial charge in [-0.15, -0.1) is 5.10 Å². The molecule has 3 rings (SSSR count). The van der Waals surface area contributed by atoms with E-state index in [1.54, 1.807) is 4.68 Å². The molecule has 2 N–H and O–H groups in total. The van der Waals surface area contributed by atoms with E-state index in [9.17, 15) is 4.79 Å². The van der Waals surface area contributed by atoms with Gasteiger partial charge in [-0.05, 0) is 19.1 Å². The SMILES string of the molecule is Cc1ccc(-c2nc(C(=O)NCCO)nn2-c2ccccc2)cc1. The zero-order chi connectivity index (χ0) is 16.9. The Hall–Kier alpha value is -2.99. The Morgan fingerprint density at radius 1 is 1.12 bits per heavy atom. The smallest absolute Gasteiger partial charge is 0.291 e. The van der Waals surface area contributed by atoms with E-state index < -0.39 is 5.91 Å². The lowest BCUT2D eigenvalue weighted by molar-refractivity contribution is 0.0934. The Bertz CT molecular complexity index is 826. The van der Waals surface area contributed by atoms with Crippen LogP contribution in [0.2, 0.25) is 0 Å². The van der Waals surface area contributed by atoms with Gasteiger partial charge in [0, 0.05) is 12.1 Å². The van der Waals surface area contributed by atoms with Gasteiger partial charge in [0.2, 0.25) is 5.82 Å². The predicted molar refractivity (Wildman–Crippen MR) is 91.0 cm³/mol. The van der Waals surface area contributed by atoms with Gasteiger partial charge in [-0.3, -0.25) is 4.79 Å². The highest BCUT2D eigenvalue weighted by Crippen LogP contribution is 2.21. The Morgan fingerprint density at radius 2 is 1.83 bits per heavy atom. The molecule has 1 aromatic heterocycles. The van der Waals surface area contributed by atoms with Crippen LogP contribution >= 0.6 is 0 Å². The highest BCUT2D eigenvalue weighted by Gasteiger charge is 2.18. The number of hydrogen-bond donors (Lipinski definition) is 2. The van der Waals surface area contributed by atoms with Crippen LogP contribution in [0, 0.1) is 6.92 Å². The number of carbonyl (C=O) groups excluding carboxylic acids is 1. The average Bonchev–Trinajstić information content (AvgIpc) is 3.06. The van der Waals surface area contributed by atoms with E-state index in [1.165, 1.54) is 0 Å². The van der Waals surface area contributed by atoms with Crippen LogP contribution in [0.5, 0.6) is 0 Å². The van der Waals surface area contributed by atoms with Crippen LogP contribution < -0.4 is 5.32 Å². The second kappa shape index (κ2) is 7.06. The molecule has 0 aliphatic rings. The fourth-order valence-electron chi connectivity index (χ4n) is 2.30. The van der Waals surface area contributed by atoms with Crippen molar-refractivity contribution in [2.45, 2.75) is 6.92 Å². The number of nitrogens with zero attached hydrogens (tertiary/aromatic N) is 3. The number of carbonyl (C=O) groups is 1. The zero-order valence-corrected chi connectivity index (χ0v) is 13.3. The van der Waals surface area contributed by atoms with Crippen LogP contribution in [0.4, 0.5) is 0 Å². The fourth-order valence-corrected chi connectivity index (χ4v) is 2.30. The minimum absolute atomic E-state index is 0.0721. The van der Waals surface area contributed by atoms with Crippen molar-refractivity contribution >= 4 is 5.91 Å². The van der Waals surface area contributed by atoms with Gasteiger partial charge in [-0.25, -0.2) is 9.67 Å². The number of benzene rings is 2. The molecule has 0 unspecified atom stereocenters. The van der Waals surface area contributed by atoms with Gasteiger partial charge in [0.05, 0.1) is 12.3 Å². The lowest BCUT2D eigenvalue weighted by atomic mass is 10.1. The van der Waals surface area contributed by atoms with Crippen molar-refractivity contribution < 1.29 is 9.90 Å². The number of nitrogens with one attached hydrogen (secondary N) is 1. The largest absolute Gasteiger partial charge is 0.395 e. The third kappa shape index (κ3) is 3.33. The maximum Gasteiger partial charge on any atom is 0.291 e. The Balaban J connectivity index is 2.06. The summed E-state index contributed by atoms with van der Waals surface area (Å²) in [6.07, 6.45) is 0. The molecule has 0 aliphatic heterocycles. The monoisotopic (exact) mass is 322 g/mol. The normalized spacial score (nSPS) is 10.6. The van der Waals surface area contributed by atoms with E-state index in [-0.39, 0.29) is 19.0 Å². The highest BCUT2D eigenvalue weighted by atomic mass is 16.3. The third-order valence-electron chi connectivity index (χ3n) is 3.52. The van der Waals surface area contributed by atoms with Gasteiger partial charge in [0.15, 0.2) is 5.82 Å². The van der Waals surface area contributed by atoms with Crippen LogP contribution in [0.15, 0.2) is 54.6 Å². The maximum atomic E-state index is 12.1. The summed E-state index contributed by atoms with van der Waals surface area (Å²) in [5.41, 5.74) is 2.84. The summed E-state index contributed by atoms with van der Waals surface area (Å²) in [5.74, 6) is 0.255. The van der Waals surface area contributed by atoms with Crippen molar-refractivity contribution in [3.05, 3.63) is 66.0 Å². The number of hydrogen-bond acceptors (Lipinski definition) is 4. The predicted octanol–water partition coefficient (Wildman–Crippen LogP) is 1.96. The first kappa shape index (κ1) is 15.9. The van der Waals surface area contributed by atoms with Crippen molar-refractivity contribution in [3.63, 3.8) is 0 Å². The summed E-state index contributed by atoms with van der Waals surface area (Å²) in [7, 11) is 0. The van der Waals surface area contributed by atoms with Crippen molar-refractivity contribution in [1.29, 1.82) is 0 Å². The first-order valence-electron chi connectivity index (χ1n) is 7.67. The standard InChI is InChI=1S/C18H18N4O2/c1-13-7-9-14(10-8-13)17-20-16(18(24)19-11-12-23)21-22(17)15-5-3-2-4-6-15/h2-10,23H,11-12H2,1H3,(H,19,24). The van der Waals surface area contributed by atoms with Crippen LogP contribution in [-0.2, 0) is 0 Å². The first-order valence-corrected chi connectivity index (χ1v) is 7.67. The number of aryl methyl sites for hydroxylation is 1. The molecule has 0 fully saturated rings. The van der Waals surface area contributed by atoms with Crippen LogP contribution in [0.3, 0.4) is 0 Å². The molecule has 0 atom stereocenters. The summed E-state index contributed by atoms with van der Waals surface area (Å²) in [6.45, 7) is 2.05. The second-order valence-electron chi connectivity index (χ2n) is 5.35. The number of aromatic nitrogens is 3. The summed E-state index contributed by atoms with van der Waals surface area (Å²) >= 11 is 0. The average molecular weight is 322 g/mol. The molecule has 0 spiro atoms. The lowest BCUT2D eigenvalue weighted by Crippen LogP contribution is -2.27. The zero-order valence-electron chi connectivity index (χ0n) is 13.3. The van der Waals surface area contributed by atoms with Crippen LogP contribution in [0.25, 0.3) is 17.1 Å². The molecular weight excluding hydrogens is 304 g/mol. The molecule has 6 nitrogen and oxygen atoms in total. The summed E-state index contributed by atoms with van der Waals surface area (Å²) < 4.78 is 1.65. The molecule has 0 bridgehead atoms. The van der Waals surface area contributed by atoms with E-state index in [4.69, 9.17) is 5.11 Å². The Kier molecular flexibility index (Phi) is 4.67. The van der Waals surface area contributed by atoms with Gasteiger partial charge < -0.3 is 10.4 Å². The van der Waals surface area contributed by atoms with Crippen molar-refractivity contribution in [2.24, 2.45) is 0 Å². The molecule has 6 heteroatoms. The van der Waals surface area contributed by atoms with Crippen molar-refractivity contribution in [3.8, 4) is 17.1 Å². The van der Waals surface area contributed by atoms with Gasteiger partial charge in [-0.1, -0.05) is 48.0 Å². The van der Waals surface area contributed by atoms with E-state index in [2.05, 4.69) is 15.4 Å². The first-order chi connectivity index (χ1) is 11.7. The quantitative estimate of drug-likeness (QED) is 0.752. The maximum absolute atomic E-state index is 12.1. The van der Waals surface area contributed by atoms with Gasteiger partial charge in [0.1, 0.15) is 0 Å². The van der Waals surface area contributed by atoms with Crippen LogP contribution in [0.1, 0.15) is 16.2 Å². The topological polar surface area (TPSA) is 80.0 Å². The lowest BCUT2D eigenvalue weighted by Gasteiger charge is -2.05. The molecule has 0 aliphatic carbocycles. The Morgan fingerprint density at radius 3 is 2.50 bits per heavy atom. The molecule has 1 amide bonds. The van der Waals surface area contributed by atoms with Gasteiger partial charge in [-0.2, -0.15) is 0 Å². The molecule has 3 aromatic rings. The number of para-hydroxylation sites is 1. The Labute approximate surface area is 139 Å². The van der Waals surface area contributed by atoms with Gasteiger partial charge in [0.25, 0.3) is 5.91 Å². The minimum Gasteiger partial charge on any atom is -0.395 e. The highest BCUT2D eigenvalue weighted by molar-refractivity contribution is 5.91. The third-order valence-corrected chi connectivity index (χ3v) is 3.52. The molecule has 24 heavy (non-hydrogen) atoms. The summed E-state index contributed by atoms with van der Waals surface area (Å²) in [6, 6.07) is 17.4. The summed E-state index contributed by atoms with van der Waals surface area (Å²) in [4.78, 5) is 16.5. The number of rotatable bonds is 5. The second-order valence-corrected chi connectivity index (χ2v) is 5.35. The summed E-state index contributed by atoms with van der Waals surface area (Å²) in [5, 5.41) is 15.8. The number of aliphatic hydroxyl groups excluding tert-OH is 1. The molecular formula is C18H18N4O2. The van der Waals surface area contributed by atoms with Gasteiger partial charge >= 0.3 is 0 Å². The molecule has 0 saturated heterocycles. The number of amides is 1. The molecule has 1 heterocycles.